The summed E-state index contributed by atoms with van der Waals surface area (Å²) in [5, 5.41) is 38.1. The van der Waals surface area contributed by atoms with Gasteiger partial charge in [0.1, 0.15) is 17.7 Å². The lowest BCUT2D eigenvalue weighted by atomic mass is 10.1. The smallest absolute Gasteiger partial charge is 0.254 e. The largest absolute Gasteiger partial charge is 0.504 e. The molecule has 7 nitrogen and oxygen atoms in total. The predicted molar refractivity (Wildman–Crippen MR) is 96.5 cm³/mol. The van der Waals surface area contributed by atoms with Crippen molar-refractivity contribution in [2.24, 2.45) is 0 Å². The van der Waals surface area contributed by atoms with Crippen molar-refractivity contribution < 1.29 is 19.7 Å². The van der Waals surface area contributed by atoms with E-state index in [4.69, 9.17) is 4.74 Å². The van der Waals surface area contributed by atoms with Gasteiger partial charge in [0, 0.05) is 29.6 Å². The van der Waals surface area contributed by atoms with E-state index in [1.54, 1.807) is 29.2 Å². The van der Waals surface area contributed by atoms with Crippen molar-refractivity contribution in [1.82, 2.24) is 4.90 Å². The molecule has 1 aliphatic rings. The molecule has 0 atom stereocenters. The zero-order valence-corrected chi connectivity index (χ0v) is 15.0. The number of phenols is 2. The molecule has 1 amide bonds. The Morgan fingerprint density at radius 3 is 2.37 bits per heavy atom. The van der Waals surface area contributed by atoms with E-state index in [2.05, 4.69) is 0 Å². The predicted octanol–water partition coefficient (Wildman–Crippen LogP) is 2.46. The van der Waals surface area contributed by atoms with Crippen LogP contribution in [0.2, 0.25) is 0 Å². The van der Waals surface area contributed by atoms with Gasteiger partial charge < -0.3 is 19.8 Å². The van der Waals surface area contributed by atoms with Crippen molar-refractivity contribution in [3.05, 3.63) is 47.0 Å². The number of carbonyl (C=O) groups is 1. The fourth-order valence-electron chi connectivity index (χ4n) is 2.67. The first-order valence-electron chi connectivity index (χ1n) is 8.09. The summed E-state index contributed by atoms with van der Waals surface area (Å²) >= 11 is 1.11. The van der Waals surface area contributed by atoms with E-state index in [9.17, 15) is 25.5 Å². The molecule has 1 heterocycles. The van der Waals surface area contributed by atoms with Crippen molar-refractivity contribution in [2.75, 3.05) is 26.3 Å². The molecular formula is C19H15N3O4S. The van der Waals surface area contributed by atoms with Gasteiger partial charge in [-0.2, -0.15) is 10.5 Å². The van der Waals surface area contributed by atoms with Gasteiger partial charge in [0.25, 0.3) is 5.91 Å². The molecule has 2 aromatic rings. The Morgan fingerprint density at radius 1 is 1.11 bits per heavy atom. The van der Waals surface area contributed by atoms with Crippen LogP contribution in [-0.4, -0.2) is 47.3 Å². The zero-order chi connectivity index (χ0) is 19.4. The number of hydrogen-bond donors (Lipinski definition) is 2. The minimum absolute atomic E-state index is 0.0763. The standard InChI is InChI=1S/C19H15N3O4S/c20-10-13-9-16(23)17(24)15(11-21)18(13)27-14-3-1-12(2-4-14)19(25)22-5-7-26-8-6-22/h1-4,9,23-24H,5-8H2. The number of aromatic hydroxyl groups is 2. The van der Waals surface area contributed by atoms with E-state index >= 15 is 0 Å². The Hall–Kier alpha value is -3.20. The molecule has 2 N–H and O–H groups in total. The number of nitriles is 2. The molecule has 2 aromatic carbocycles. The molecule has 0 unspecified atom stereocenters. The van der Waals surface area contributed by atoms with Crippen LogP contribution in [0.25, 0.3) is 0 Å². The minimum atomic E-state index is -0.557. The molecule has 3 rings (SSSR count). The van der Waals surface area contributed by atoms with E-state index in [1.807, 2.05) is 12.1 Å². The molecule has 0 bridgehead atoms. The number of hydrogen-bond acceptors (Lipinski definition) is 7. The first-order chi connectivity index (χ1) is 13.0. The fraction of sp³-hybridized carbons (Fsp3) is 0.211. The van der Waals surface area contributed by atoms with Crippen molar-refractivity contribution in [3.8, 4) is 23.6 Å². The molecule has 0 aromatic heterocycles. The van der Waals surface area contributed by atoms with Crippen LogP contribution in [0.1, 0.15) is 21.5 Å². The van der Waals surface area contributed by atoms with Gasteiger partial charge in [-0.25, -0.2) is 0 Å². The van der Waals surface area contributed by atoms with Crippen LogP contribution in [0.5, 0.6) is 11.5 Å². The monoisotopic (exact) mass is 381 g/mol. The Morgan fingerprint density at radius 2 is 1.78 bits per heavy atom. The maximum absolute atomic E-state index is 12.5. The number of carbonyl (C=O) groups excluding carboxylic acids is 1. The van der Waals surface area contributed by atoms with E-state index in [0.717, 1.165) is 17.8 Å². The fourth-order valence-corrected chi connectivity index (χ4v) is 3.63. The Labute approximate surface area is 160 Å². The van der Waals surface area contributed by atoms with Crippen molar-refractivity contribution in [2.45, 2.75) is 9.79 Å². The molecule has 8 heteroatoms. The van der Waals surface area contributed by atoms with Gasteiger partial charge >= 0.3 is 0 Å². The van der Waals surface area contributed by atoms with Gasteiger partial charge in [0.2, 0.25) is 0 Å². The number of nitrogens with zero attached hydrogens (tertiary/aromatic N) is 3. The second-order valence-electron chi connectivity index (χ2n) is 5.75. The average Bonchev–Trinajstić information content (AvgIpc) is 2.71. The number of benzene rings is 2. The molecular weight excluding hydrogens is 366 g/mol. The second kappa shape index (κ2) is 8.00. The normalized spacial score (nSPS) is 13.6. The lowest BCUT2D eigenvalue weighted by molar-refractivity contribution is 0.0303. The molecule has 1 fully saturated rings. The van der Waals surface area contributed by atoms with E-state index in [0.29, 0.717) is 36.8 Å². The van der Waals surface area contributed by atoms with Crippen LogP contribution < -0.4 is 0 Å². The minimum Gasteiger partial charge on any atom is -0.504 e. The lowest BCUT2D eigenvalue weighted by Gasteiger charge is -2.26. The van der Waals surface area contributed by atoms with Gasteiger partial charge in [0.15, 0.2) is 11.5 Å². The highest BCUT2D eigenvalue weighted by Gasteiger charge is 2.20. The van der Waals surface area contributed by atoms with Crippen LogP contribution in [0.3, 0.4) is 0 Å². The first kappa shape index (κ1) is 18.6. The van der Waals surface area contributed by atoms with Crippen LogP contribution in [-0.2, 0) is 4.74 Å². The summed E-state index contributed by atoms with van der Waals surface area (Å²) in [5.74, 6) is -1.15. The molecule has 0 radical (unpaired) electrons. The summed E-state index contributed by atoms with van der Waals surface area (Å²) in [6.45, 7) is 2.16. The van der Waals surface area contributed by atoms with Crippen LogP contribution in [0, 0.1) is 22.7 Å². The Balaban J connectivity index is 1.85. The molecule has 1 aliphatic heterocycles. The molecule has 0 spiro atoms. The quantitative estimate of drug-likeness (QED) is 0.784. The number of morpholine rings is 1. The topological polar surface area (TPSA) is 118 Å². The highest BCUT2D eigenvalue weighted by molar-refractivity contribution is 7.99. The molecule has 136 valence electrons. The Bertz CT molecular complexity index is 955. The van der Waals surface area contributed by atoms with Crippen LogP contribution in [0.15, 0.2) is 40.1 Å². The second-order valence-corrected chi connectivity index (χ2v) is 6.83. The van der Waals surface area contributed by atoms with Crippen molar-refractivity contribution in [1.29, 1.82) is 10.5 Å². The number of amides is 1. The van der Waals surface area contributed by atoms with Crippen molar-refractivity contribution >= 4 is 17.7 Å². The number of ether oxygens (including phenoxy) is 1. The van der Waals surface area contributed by atoms with Crippen molar-refractivity contribution in [3.63, 3.8) is 0 Å². The summed E-state index contributed by atoms with van der Waals surface area (Å²) in [4.78, 5) is 15.1. The third-order valence-electron chi connectivity index (χ3n) is 4.08. The highest BCUT2D eigenvalue weighted by Crippen LogP contribution is 2.41. The van der Waals surface area contributed by atoms with E-state index in [1.165, 1.54) is 0 Å². The maximum Gasteiger partial charge on any atom is 0.254 e. The molecule has 1 saturated heterocycles. The van der Waals surface area contributed by atoms with Gasteiger partial charge in [-0.1, -0.05) is 11.8 Å². The van der Waals surface area contributed by atoms with Gasteiger partial charge in [-0.15, -0.1) is 0 Å². The Kier molecular flexibility index (Phi) is 5.51. The van der Waals surface area contributed by atoms with E-state index in [-0.39, 0.29) is 21.9 Å². The SMILES string of the molecule is N#Cc1cc(O)c(O)c(C#N)c1Sc1ccc(C(=O)N2CCOCC2)cc1. The summed E-state index contributed by atoms with van der Waals surface area (Å²) < 4.78 is 5.24. The summed E-state index contributed by atoms with van der Waals surface area (Å²) in [6, 6.07) is 11.6. The summed E-state index contributed by atoms with van der Waals surface area (Å²) in [7, 11) is 0. The molecule has 0 saturated carbocycles. The molecule has 27 heavy (non-hydrogen) atoms. The third-order valence-corrected chi connectivity index (χ3v) is 5.22. The lowest BCUT2D eigenvalue weighted by Crippen LogP contribution is -2.40. The number of phenolic OH excluding ortho intramolecular Hbond substituents is 2. The van der Waals surface area contributed by atoms with Crippen LogP contribution in [0.4, 0.5) is 0 Å². The summed E-state index contributed by atoms with van der Waals surface area (Å²) in [5.41, 5.74) is 0.459. The van der Waals surface area contributed by atoms with Gasteiger partial charge in [-0.3, -0.25) is 4.79 Å². The molecule has 0 aliphatic carbocycles. The summed E-state index contributed by atoms with van der Waals surface area (Å²) in [6.07, 6.45) is 0. The van der Waals surface area contributed by atoms with Gasteiger partial charge in [-0.05, 0) is 24.3 Å². The zero-order valence-electron chi connectivity index (χ0n) is 14.2. The van der Waals surface area contributed by atoms with Gasteiger partial charge in [0.05, 0.1) is 23.7 Å². The first-order valence-corrected chi connectivity index (χ1v) is 8.91. The highest BCUT2D eigenvalue weighted by atomic mass is 32.2. The van der Waals surface area contributed by atoms with Crippen LogP contribution >= 0.6 is 11.8 Å². The average molecular weight is 381 g/mol. The number of rotatable bonds is 3. The third kappa shape index (κ3) is 3.82. The van der Waals surface area contributed by atoms with E-state index < -0.39 is 11.5 Å². The maximum atomic E-state index is 12.5.